The summed E-state index contributed by atoms with van der Waals surface area (Å²) in [5, 5.41) is 9.85. The average molecular weight is 250 g/mol. The van der Waals surface area contributed by atoms with Crippen LogP contribution in [0.2, 0.25) is 0 Å². The van der Waals surface area contributed by atoms with E-state index in [4.69, 9.17) is 9.47 Å². The van der Waals surface area contributed by atoms with Crippen LogP contribution in [-0.4, -0.2) is 24.9 Å². The van der Waals surface area contributed by atoms with Crippen molar-refractivity contribution in [1.29, 1.82) is 0 Å². The number of ether oxygens (including phenoxy) is 2. The van der Waals surface area contributed by atoms with Gasteiger partial charge in [-0.3, -0.25) is 0 Å². The van der Waals surface area contributed by atoms with Crippen molar-refractivity contribution in [1.82, 2.24) is 0 Å². The predicted octanol–water partition coefficient (Wildman–Crippen LogP) is 3.10. The fourth-order valence-electron chi connectivity index (χ4n) is 1.48. The maximum atomic E-state index is 9.85. The Labute approximate surface area is 109 Å². The Morgan fingerprint density at radius 3 is 2.67 bits per heavy atom. The molecule has 0 heterocycles. The van der Waals surface area contributed by atoms with Crippen LogP contribution in [0.3, 0.4) is 0 Å². The third-order valence-corrected chi connectivity index (χ3v) is 2.54. The first-order valence-corrected chi connectivity index (χ1v) is 6.37. The lowest BCUT2D eigenvalue weighted by molar-refractivity contribution is 0.0488. The SMILES string of the molecule is C=CCOCC(O)c1ccc(OCCCC)cc1. The molecule has 1 aromatic rings. The van der Waals surface area contributed by atoms with Crippen LogP contribution in [0.5, 0.6) is 5.75 Å². The molecule has 0 aliphatic carbocycles. The Kier molecular flexibility index (Phi) is 7.14. The Morgan fingerprint density at radius 2 is 2.06 bits per heavy atom. The van der Waals surface area contributed by atoms with Gasteiger partial charge in [-0.1, -0.05) is 31.6 Å². The van der Waals surface area contributed by atoms with Crippen LogP contribution in [-0.2, 0) is 4.74 Å². The molecule has 0 fully saturated rings. The van der Waals surface area contributed by atoms with Gasteiger partial charge in [-0.2, -0.15) is 0 Å². The second-order valence-corrected chi connectivity index (χ2v) is 4.11. The molecular weight excluding hydrogens is 228 g/mol. The van der Waals surface area contributed by atoms with Gasteiger partial charge in [0.15, 0.2) is 0 Å². The minimum absolute atomic E-state index is 0.280. The minimum atomic E-state index is -0.602. The number of unbranched alkanes of at least 4 members (excludes halogenated alkanes) is 1. The molecule has 1 rings (SSSR count). The molecule has 18 heavy (non-hydrogen) atoms. The first-order chi connectivity index (χ1) is 8.77. The molecule has 0 spiro atoms. The zero-order valence-electron chi connectivity index (χ0n) is 11.0. The number of hydrogen-bond acceptors (Lipinski definition) is 3. The first kappa shape index (κ1) is 14.7. The van der Waals surface area contributed by atoms with Gasteiger partial charge in [0.25, 0.3) is 0 Å². The second kappa shape index (κ2) is 8.72. The molecule has 0 amide bonds. The number of hydrogen-bond donors (Lipinski definition) is 1. The Bertz CT molecular complexity index is 332. The van der Waals surface area contributed by atoms with Crippen LogP contribution in [0.4, 0.5) is 0 Å². The van der Waals surface area contributed by atoms with Crippen molar-refractivity contribution < 1.29 is 14.6 Å². The van der Waals surface area contributed by atoms with Crippen molar-refractivity contribution in [3.8, 4) is 5.75 Å². The minimum Gasteiger partial charge on any atom is -0.494 e. The van der Waals surface area contributed by atoms with Crippen LogP contribution in [0.1, 0.15) is 31.4 Å². The maximum absolute atomic E-state index is 9.85. The van der Waals surface area contributed by atoms with E-state index in [1.54, 1.807) is 6.08 Å². The summed E-state index contributed by atoms with van der Waals surface area (Å²) >= 11 is 0. The monoisotopic (exact) mass is 250 g/mol. The van der Waals surface area contributed by atoms with Gasteiger partial charge >= 0.3 is 0 Å². The molecule has 0 aromatic heterocycles. The number of rotatable bonds is 9. The maximum Gasteiger partial charge on any atom is 0.119 e. The smallest absolute Gasteiger partial charge is 0.119 e. The average Bonchev–Trinajstić information content (AvgIpc) is 2.40. The van der Waals surface area contributed by atoms with Crippen molar-refractivity contribution in [3.05, 3.63) is 42.5 Å². The summed E-state index contributed by atoms with van der Waals surface area (Å²) in [6, 6.07) is 7.48. The molecular formula is C15H22O3. The quantitative estimate of drug-likeness (QED) is 0.540. The summed E-state index contributed by atoms with van der Waals surface area (Å²) in [7, 11) is 0. The molecule has 1 N–H and O–H groups in total. The Morgan fingerprint density at radius 1 is 1.33 bits per heavy atom. The van der Waals surface area contributed by atoms with Gasteiger partial charge in [-0.25, -0.2) is 0 Å². The summed E-state index contributed by atoms with van der Waals surface area (Å²) in [6.07, 6.45) is 3.24. The molecule has 0 radical (unpaired) electrons. The van der Waals surface area contributed by atoms with E-state index in [9.17, 15) is 5.11 Å². The third-order valence-electron chi connectivity index (χ3n) is 2.54. The lowest BCUT2D eigenvalue weighted by Crippen LogP contribution is -2.07. The molecule has 1 atom stereocenters. The zero-order chi connectivity index (χ0) is 13.2. The van der Waals surface area contributed by atoms with Gasteiger partial charge in [0.05, 0.1) is 19.8 Å². The Hall–Kier alpha value is -1.32. The van der Waals surface area contributed by atoms with Crippen molar-refractivity contribution in [3.63, 3.8) is 0 Å². The summed E-state index contributed by atoms with van der Waals surface area (Å²) in [5.74, 6) is 0.839. The van der Waals surface area contributed by atoms with E-state index in [2.05, 4.69) is 13.5 Å². The lowest BCUT2D eigenvalue weighted by Gasteiger charge is -2.12. The topological polar surface area (TPSA) is 38.7 Å². The number of aliphatic hydroxyl groups is 1. The van der Waals surface area contributed by atoms with Crippen LogP contribution < -0.4 is 4.74 Å². The summed E-state index contributed by atoms with van der Waals surface area (Å²) in [5.41, 5.74) is 0.835. The van der Waals surface area contributed by atoms with E-state index in [0.29, 0.717) is 6.61 Å². The first-order valence-electron chi connectivity index (χ1n) is 6.37. The standard InChI is InChI=1S/C15H22O3/c1-3-5-11-18-14-8-6-13(7-9-14)15(16)12-17-10-4-2/h4,6-9,15-16H,2-3,5,10-12H2,1H3. The van der Waals surface area contributed by atoms with E-state index in [1.807, 2.05) is 24.3 Å². The summed E-state index contributed by atoms with van der Waals surface area (Å²) < 4.78 is 10.8. The fourth-order valence-corrected chi connectivity index (χ4v) is 1.48. The normalized spacial score (nSPS) is 12.1. The van der Waals surface area contributed by atoms with Crippen LogP contribution >= 0.6 is 0 Å². The van der Waals surface area contributed by atoms with Gasteiger partial charge < -0.3 is 14.6 Å². The van der Waals surface area contributed by atoms with E-state index < -0.39 is 6.10 Å². The van der Waals surface area contributed by atoms with Gasteiger partial charge in [-0.05, 0) is 24.1 Å². The van der Waals surface area contributed by atoms with Crippen molar-refractivity contribution in [2.24, 2.45) is 0 Å². The summed E-state index contributed by atoms with van der Waals surface area (Å²) in [4.78, 5) is 0. The predicted molar refractivity (Wildman–Crippen MR) is 72.8 cm³/mol. The lowest BCUT2D eigenvalue weighted by atomic mass is 10.1. The number of aliphatic hydroxyl groups excluding tert-OH is 1. The second-order valence-electron chi connectivity index (χ2n) is 4.11. The highest BCUT2D eigenvalue weighted by atomic mass is 16.5. The van der Waals surface area contributed by atoms with Crippen molar-refractivity contribution in [2.75, 3.05) is 19.8 Å². The molecule has 1 aromatic carbocycles. The molecule has 3 nitrogen and oxygen atoms in total. The highest BCUT2D eigenvalue weighted by Gasteiger charge is 2.07. The molecule has 3 heteroatoms. The summed E-state index contributed by atoms with van der Waals surface area (Å²) in [6.45, 7) is 7.16. The highest BCUT2D eigenvalue weighted by Crippen LogP contribution is 2.18. The van der Waals surface area contributed by atoms with E-state index >= 15 is 0 Å². The molecule has 0 aliphatic rings. The van der Waals surface area contributed by atoms with Crippen molar-refractivity contribution >= 4 is 0 Å². The van der Waals surface area contributed by atoms with E-state index in [1.165, 1.54) is 0 Å². The van der Waals surface area contributed by atoms with Gasteiger partial charge in [0.1, 0.15) is 11.9 Å². The number of benzene rings is 1. The van der Waals surface area contributed by atoms with Gasteiger partial charge in [-0.15, -0.1) is 6.58 Å². The Balaban J connectivity index is 2.40. The molecule has 0 bridgehead atoms. The molecule has 0 saturated carbocycles. The van der Waals surface area contributed by atoms with Gasteiger partial charge in [0, 0.05) is 0 Å². The third kappa shape index (κ3) is 5.34. The van der Waals surface area contributed by atoms with E-state index in [-0.39, 0.29) is 6.61 Å². The van der Waals surface area contributed by atoms with E-state index in [0.717, 1.165) is 30.8 Å². The fraction of sp³-hybridized carbons (Fsp3) is 0.467. The zero-order valence-corrected chi connectivity index (χ0v) is 11.0. The van der Waals surface area contributed by atoms with Crippen LogP contribution in [0.15, 0.2) is 36.9 Å². The highest BCUT2D eigenvalue weighted by molar-refractivity contribution is 5.28. The van der Waals surface area contributed by atoms with Crippen molar-refractivity contribution in [2.45, 2.75) is 25.9 Å². The van der Waals surface area contributed by atoms with Crippen LogP contribution in [0, 0.1) is 0 Å². The molecule has 0 aliphatic heterocycles. The molecule has 1 unspecified atom stereocenters. The molecule has 100 valence electrons. The van der Waals surface area contributed by atoms with Gasteiger partial charge in [0.2, 0.25) is 0 Å². The van der Waals surface area contributed by atoms with Crippen LogP contribution in [0.25, 0.3) is 0 Å². The molecule has 0 saturated heterocycles. The largest absolute Gasteiger partial charge is 0.494 e.